The smallest absolute Gasteiger partial charge is 0.247 e. The monoisotopic (exact) mass is 397 g/mol. The molecule has 0 bridgehead atoms. The molecule has 3 atom stereocenters. The van der Waals surface area contributed by atoms with E-state index in [1.54, 1.807) is 12.5 Å². The molecule has 0 aliphatic heterocycles. The van der Waals surface area contributed by atoms with Crippen LogP contribution in [0.5, 0.6) is 0 Å². The highest BCUT2D eigenvalue weighted by Gasteiger charge is 2.42. The maximum absolute atomic E-state index is 13.3. The van der Waals surface area contributed by atoms with Gasteiger partial charge in [0.15, 0.2) is 0 Å². The normalized spacial score (nSPS) is 18.9. The zero-order valence-electron chi connectivity index (χ0n) is 18.3. The van der Waals surface area contributed by atoms with Crippen molar-refractivity contribution in [1.29, 1.82) is 0 Å². The third-order valence-electron chi connectivity index (χ3n) is 5.73. The lowest BCUT2D eigenvalue weighted by molar-refractivity contribution is -0.145. The topological polar surface area (TPSA) is 108 Å². The van der Waals surface area contributed by atoms with E-state index < -0.39 is 29.2 Å². The molecule has 4 N–H and O–H groups in total. The van der Waals surface area contributed by atoms with Gasteiger partial charge in [-0.25, -0.2) is 5.48 Å². The molecule has 1 unspecified atom stereocenters. The second kappa shape index (κ2) is 10.8. The first-order valence-corrected chi connectivity index (χ1v) is 10.5. The van der Waals surface area contributed by atoms with Crippen molar-refractivity contribution in [3.05, 3.63) is 0 Å². The highest BCUT2D eigenvalue weighted by molar-refractivity contribution is 5.91. The number of hydrogen-bond donors (Lipinski definition) is 4. The van der Waals surface area contributed by atoms with E-state index in [0.717, 1.165) is 32.1 Å². The second-order valence-corrected chi connectivity index (χ2v) is 9.56. The first-order chi connectivity index (χ1) is 13.0. The number of rotatable bonds is 8. The molecule has 0 radical (unpaired) electrons. The third-order valence-corrected chi connectivity index (χ3v) is 5.73. The van der Waals surface area contributed by atoms with Crippen molar-refractivity contribution in [3.8, 4) is 0 Å². The number of hydroxylamine groups is 1. The van der Waals surface area contributed by atoms with Gasteiger partial charge in [-0.05, 0) is 36.5 Å². The molecular formula is C21H39N3O4. The largest absolute Gasteiger partial charge is 0.357 e. The first kappa shape index (κ1) is 24.4. The quantitative estimate of drug-likeness (QED) is 0.373. The van der Waals surface area contributed by atoms with E-state index in [0.29, 0.717) is 6.42 Å². The molecular weight excluding hydrogens is 358 g/mol. The molecule has 1 aliphatic carbocycles. The van der Waals surface area contributed by atoms with Crippen LogP contribution in [0.15, 0.2) is 0 Å². The van der Waals surface area contributed by atoms with Crippen LogP contribution in [-0.4, -0.2) is 36.0 Å². The van der Waals surface area contributed by atoms with Crippen LogP contribution >= 0.6 is 0 Å². The number of nitrogens with one attached hydrogen (secondary N) is 3. The van der Waals surface area contributed by atoms with E-state index in [2.05, 4.69) is 10.6 Å². The number of carbonyl (C=O) groups is 3. The van der Waals surface area contributed by atoms with Gasteiger partial charge in [-0.3, -0.25) is 19.6 Å². The highest BCUT2D eigenvalue weighted by Crippen LogP contribution is 2.37. The van der Waals surface area contributed by atoms with E-state index in [4.69, 9.17) is 0 Å². The standard InChI is InChI=1S/C21H39N3O4/c1-13(2)12-15(16(19(26)24-28)14-10-8-7-9-11-14)18(25)23-17(20(27)22-6)21(3,4)5/h13-17,28H,7-12H2,1-6H3,(H,22,27)(H,23,25)(H,24,26)/t15?,16-,17+/m0/s1. The molecule has 7 heteroatoms. The summed E-state index contributed by atoms with van der Waals surface area (Å²) in [4.78, 5) is 38.3. The van der Waals surface area contributed by atoms with Crippen LogP contribution in [0.3, 0.4) is 0 Å². The maximum atomic E-state index is 13.3. The summed E-state index contributed by atoms with van der Waals surface area (Å²) in [5, 5.41) is 14.9. The van der Waals surface area contributed by atoms with Crippen LogP contribution in [0.4, 0.5) is 0 Å². The highest BCUT2D eigenvalue weighted by atomic mass is 16.5. The van der Waals surface area contributed by atoms with E-state index in [1.165, 1.54) is 0 Å². The second-order valence-electron chi connectivity index (χ2n) is 9.56. The molecule has 3 amide bonds. The average Bonchev–Trinajstić information content (AvgIpc) is 2.64. The number of likely N-dealkylation sites (N-methyl/N-ethyl adjacent to an activating group) is 1. The summed E-state index contributed by atoms with van der Waals surface area (Å²) in [7, 11) is 1.54. The Labute approximate surface area is 169 Å². The lowest BCUT2D eigenvalue weighted by Gasteiger charge is -2.36. The van der Waals surface area contributed by atoms with Gasteiger partial charge in [-0.1, -0.05) is 53.9 Å². The molecule has 28 heavy (non-hydrogen) atoms. The molecule has 0 aromatic carbocycles. The van der Waals surface area contributed by atoms with Gasteiger partial charge in [-0.15, -0.1) is 0 Å². The zero-order chi connectivity index (χ0) is 21.5. The summed E-state index contributed by atoms with van der Waals surface area (Å²) < 4.78 is 0. The Hall–Kier alpha value is -1.63. The minimum absolute atomic E-state index is 0.0588. The molecule has 1 aliphatic rings. The Balaban J connectivity index is 3.18. The Morgan fingerprint density at radius 3 is 2.00 bits per heavy atom. The van der Waals surface area contributed by atoms with Gasteiger partial charge < -0.3 is 10.6 Å². The fraction of sp³-hybridized carbons (Fsp3) is 0.857. The summed E-state index contributed by atoms with van der Waals surface area (Å²) in [6, 6.07) is -0.705. The molecule has 1 rings (SSSR count). The summed E-state index contributed by atoms with van der Waals surface area (Å²) in [6.45, 7) is 9.70. The van der Waals surface area contributed by atoms with Crippen LogP contribution < -0.4 is 16.1 Å². The fourth-order valence-corrected chi connectivity index (χ4v) is 4.29. The van der Waals surface area contributed by atoms with E-state index in [-0.39, 0.29) is 23.7 Å². The van der Waals surface area contributed by atoms with Gasteiger partial charge >= 0.3 is 0 Å². The van der Waals surface area contributed by atoms with Crippen LogP contribution in [-0.2, 0) is 14.4 Å². The van der Waals surface area contributed by atoms with Crippen molar-refractivity contribution in [2.75, 3.05) is 7.05 Å². The Kier molecular flexibility index (Phi) is 9.40. The first-order valence-electron chi connectivity index (χ1n) is 10.5. The maximum Gasteiger partial charge on any atom is 0.247 e. The summed E-state index contributed by atoms with van der Waals surface area (Å²) in [5.41, 5.74) is 1.32. The summed E-state index contributed by atoms with van der Waals surface area (Å²) >= 11 is 0. The predicted molar refractivity (Wildman–Crippen MR) is 108 cm³/mol. The molecule has 0 heterocycles. The minimum atomic E-state index is -0.705. The molecule has 0 spiro atoms. The lowest BCUT2D eigenvalue weighted by atomic mass is 9.71. The van der Waals surface area contributed by atoms with Gasteiger partial charge in [0.1, 0.15) is 6.04 Å². The van der Waals surface area contributed by atoms with Crippen LogP contribution in [0.1, 0.15) is 73.1 Å². The lowest BCUT2D eigenvalue weighted by Crippen LogP contribution is -2.56. The molecule has 0 saturated heterocycles. The molecule has 7 nitrogen and oxygen atoms in total. The Morgan fingerprint density at radius 1 is 1.00 bits per heavy atom. The summed E-state index contributed by atoms with van der Waals surface area (Å²) in [6.07, 6.45) is 5.45. The molecule has 1 saturated carbocycles. The van der Waals surface area contributed by atoms with Crippen molar-refractivity contribution in [3.63, 3.8) is 0 Å². The molecule has 1 fully saturated rings. The van der Waals surface area contributed by atoms with E-state index in [9.17, 15) is 19.6 Å². The van der Waals surface area contributed by atoms with Gasteiger partial charge in [-0.2, -0.15) is 0 Å². The third kappa shape index (κ3) is 6.76. The Morgan fingerprint density at radius 2 is 1.57 bits per heavy atom. The molecule has 0 aromatic rings. The van der Waals surface area contributed by atoms with Crippen LogP contribution in [0, 0.1) is 29.1 Å². The molecule has 0 aromatic heterocycles. The van der Waals surface area contributed by atoms with Gasteiger partial charge in [0.25, 0.3) is 0 Å². The average molecular weight is 398 g/mol. The van der Waals surface area contributed by atoms with Crippen molar-refractivity contribution in [1.82, 2.24) is 16.1 Å². The van der Waals surface area contributed by atoms with Gasteiger partial charge in [0.05, 0.1) is 11.8 Å². The number of carbonyl (C=O) groups excluding carboxylic acids is 3. The van der Waals surface area contributed by atoms with E-state index >= 15 is 0 Å². The summed E-state index contributed by atoms with van der Waals surface area (Å²) in [5.74, 6) is -1.99. The minimum Gasteiger partial charge on any atom is -0.357 e. The fourth-order valence-electron chi connectivity index (χ4n) is 4.29. The Bertz CT molecular complexity index is 536. The number of amides is 3. The SMILES string of the molecule is CNC(=O)[C@@H](NC(=O)C(CC(C)C)[C@@H](C(=O)NO)C1CCCCC1)C(C)(C)C. The van der Waals surface area contributed by atoms with Crippen LogP contribution in [0.2, 0.25) is 0 Å². The van der Waals surface area contributed by atoms with Gasteiger partial charge in [0, 0.05) is 7.05 Å². The van der Waals surface area contributed by atoms with Gasteiger partial charge in [0.2, 0.25) is 17.7 Å². The van der Waals surface area contributed by atoms with Crippen molar-refractivity contribution in [2.24, 2.45) is 29.1 Å². The van der Waals surface area contributed by atoms with Crippen molar-refractivity contribution >= 4 is 17.7 Å². The molecule has 162 valence electrons. The van der Waals surface area contributed by atoms with Crippen molar-refractivity contribution < 1.29 is 19.6 Å². The zero-order valence-corrected chi connectivity index (χ0v) is 18.3. The predicted octanol–water partition coefficient (Wildman–Crippen LogP) is 2.63. The van der Waals surface area contributed by atoms with E-state index in [1.807, 2.05) is 34.6 Å². The number of hydrogen-bond acceptors (Lipinski definition) is 4. The van der Waals surface area contributed by atoms with Crippen LogP contribution in [0.25, 0.3) is 0 Å². The van der Waals surface area contributed by atoms with Crippen molar-refractivity contribution in [2.45, 2.75) is 79.2 Å².